The number of nitrogens with zero attached hydrogens (tertiary/aromatic N) is 3. The Morgan fingerprint density at radius 3 is 2.77 bits per heavy atom. The highest BCUT2D eigenvalue weighted by Crippen LogP contribution is 2.27. The average molecular weight is 368 g/mol. The van der Waals surface area contributed by atoms with Crippen molar-refractivity contribution < 1.29 is 4.39 Å². The van der Waals surface area contributed by atoms with E-state index < -0.39 is 5.67 Å². The second kappa shape index (κ2) is 6.28. The first kappa shape index (κ1) is 15.9. The van der Waals surface area contributed by atoms with Gasteiger partial charge in [0, 0.05) is 35.3 Å². The summed E-state index contributed by atoms with van der Waals surface area (Å²) in [7, 11) is 0. The molecule has 2 aromatic heterocycles. The van der Waals surface area contributed by atoms with Gasteiger partial charge in [0.25, 0.3) is 0 Å². The van der Waals surface area contributed by atoms with Gasteiger partial charge in [-0.15, -0.1) is 0 Å². The van der Waals surface area contributed by atoms with Crippen molar-refractivity contribution in [3.8, 4) is 0 Å². The third-order valence-corrected chi connectivity index (χ3v) is 4.98. The van der Waals surface area contributed by atoms with Crippen LogP contribution >= 0.6 is 15.9 Å². The van der Waals surface area contributed by atoms with Crippen molar-refractivity contribution in [2.75, 3.05) is 19.6 Å². The number of hydrogen-bond donors (Lipinski definition) is 0. The Morgan fingerprint density at radius 1 is 1.36 bits per heavy atom. The normalized spacial score (nSPS) is 18.2. The molecular weight excluding hydrogens is 345 g/mol. The molecule has 3 nitrogen and oxygen atoms in total. The molecule has 0 amide bonds. The average Bonchev–Trinajstić information content (AvgIpc) is 2.77. The number of pyridine rings is 1. The molecule has 1 aliphatic heterocycles. The second-order valence-electron chi connectivity index (χ2n) is 6.94. The minimum absolute atomic E-state index is 0.541. The zero-order chi connectivity index (χ0) is 15.7. The number of likely N-dealkylation sites (tertiary alicyclic amines) is 1. The number of alkyl halides is 1. The Bertz CT molecular complexity index is 639. The monoisotopic (exact) mass is 367 g/mol. The molecule has 1 fully saturated rings. The van der Waals surface area contributed by atoms with Crippen LogP contribution in [-0.2, 0) is 6.54 Å². The first-order valence-electron chi connectivity index (χ1n) is 7.93. The molecule has 3 rings (SSSR count). The summed E-state index contributed by atoms with van der Waals surface area (Å²) in [5, 5.41) is 1.17. The van der Waals surface area contributed by atoms with Crippen LogP contribution in [0.15, 0.2) is 29.0 Å². The molecule has 0 unspecified atom stereocenters. The van der Waals surface area contributed by atoms with E-state index in [1.165, 1.54) is 5.39 Å². The van der Waals surface area contributed by atoms with Crippen LogP contribution in [0.25, 0.3) is 11.0 Å². The number of fused-ring (bicyclic) bond motifs is 1. The van der Waals surface area contributed by atoms with Crippen LogP contribution in [0.5, 0.6) is 0 Å². The maximum absolute atomic E-state index is 13.7. The molecule has 2 aromatic rings. The Morgan fingerprint density at radius 2 is 2.09 bits per heavy atom. The molecule has 0 radical (unpaired) electrons. The van der Waals surface area contributed by atoms with Crippen LogP contribution in [0, 0.1) is 5.92 Å². The maximum Gasteiger partial charge on any atom is 0.141 e. The van der Waals surface area contributed by atoms with Gasteiger partial charge in [-0.05, 0) is 73.8 Å². The molecule has 0 saturated carbocycles. The highest BCUT2D eigenvalue weighted by molar-refractivity contribution is 9.10. The van der Waals surface area contributed by atoms with Gasteiger partial charge in [0.05, 0.1) is 0 Å². The van der Waals surface area contributed by atoms with E-state index >= 15 is 0 Å². The third kappa shape index (κ3) is 3.69. The van der Waals surface area contributed by atoms with Gasteiger partial charge in [0.15, 0.2) is 0 Å². The van der Waals surface area contributed by atoms with Crippen molar-refractivity contribution in [1.29, 1.82) is 0 Å². The van der Waals surface area contributed by atoms with Crippen LogP contribution in [0.3, 0.4) is 0 Å². The summed E-state index contributed by atoms with van der Waals surface area (Å²) >= 11 is 3.61. The largest absolute Gasteiger partial charge is 0.331 e. The summed E-state index contributed by atoms with van der Waals surface area (Å²) in [6.45, 7) is 6.84. The maximum atomic E-state index is 13.7. The van der Waals surface area contributed by atoms with Gasteiger partial charge in [0.1, 0.15) is 11.3 Å². The molecule has 0 N–H and O–H groups in total. The molecule has 0 aromatic carbocycles. The molecule has 0 atom stereocenters. The van der Waals surface area contributed by atoms with Crippen LogP contribution < -0.4 is 0 Å². The number of halogens is 2. The number of piperidine rings is 1. The number of aromatic nitrogens is 2. The van der Waals surface area contributed by atoms with E-state index in [9.17, 15) is 4.39 Å². The molecule has 3 heterocycles. The summed E-state index contributed by atoms with van der Waals surface area (Å²) in [5.74, 6) is 0.642. The van der Waals surface area contributed by atoms with E-state index in [2.05, 4.69) is 42.6 Å². The molecule has 0 spiro atoms. The molecular formula is C17H23BrFN3. The molecule has 0 bridgehead atoms. The van der Waals surface area contributed by atoms with Crippen molar-refractivity contribution in [2.45, 2.75) is 38.9 Å². The molecule has 0 aliphatic carbocycles. The fourth-order valence-corrected chi connectivity index (χ4v) is 3.91. The van der Waals surface area contributed by atoms with E-state index in [0.717, 1.165) is 42.6 Å². The Balaban J connectivity index is 1.63. The first-order chi connectivity index (χ1) is 10.4. The van der Waals surface area contributed by atoms with Gasteiger partial charge in [-0.3, -0.25) is 0 Å². The van der Waals surface area contributed by atoms with Crippen molar-refractivity contribution in [1.82, 2.24) is 14.5 Å². The standard InChI is InChI=1S/C17H23BrFN3/c1-17(2,19)12-21-8-5-13(6-9-21)10-22-11-15(18)14-4-3-7-20-16(14)22/h3-4,7,11,13H,5-6,8-10,12H2,1-2H3. The van der Waals surface area contributed by atoms with E-state index in [1.54, 1.807) is 13.8 Å². The smallest absolute Gasteiger partial charge is 0.141 e. The molecule has 1 aliphatic rings. The Hall–Kier alpha value is -0.940. The predicted molar refractivity (Wildman–Crippen MR) is 91.8 cm³/mol. The summed E-state index contributed by atoms with van der Waals surface area (Å²) in [6.07, 6.45) is 6.23. The van der Waals surface area contributed by atoms with E-state index in [-0.39, 0.29) is 0 Å². The molecule has 22 heavy (non-hydrogen) atoms. The fourth-order valence-electron chi connectivity index (χ4n) is 3.36. The molecule has 120 valence electrons. The minimum atomic E-state index is -1.10. The SMILES string of the molecule is CC(C)(F)CN1CCC(Cn2cc(Br)c3cccnc32)CC1. The fraction of sp³-hybridized carbons (Fsp3) is 0.588. The lowest BCUT2D eigenvalue weighted by Crippen LogP contribution is -2.41. The van der Waals surface area contributed by atoms with E-state index in [4.69, 9.17) is 0 Å². The van der Waals surface area contributed by atoms with Gasteiger partial charge in [-0.25, -0.2) is 9.37 Å². The molecule has 1 saturated heterocycles. The number of rotatable bonds is 4. The lowest BCUT2D eigenvalue weighted by molar-refractivity contribution is 0.0927. The van der Waals surface area contributed by atoms with E-state index in [1.807, 2.05) is 12.3 Å². The number of hydrogen-bond acceptors (Lipinski definition) is 2. The van der Waals surface area contributed by atoms with Crippen molar-refractivity contribution in [3.63, 3.8) is 0 Å². The lowest BCUT2D eigenvalue weighted by Gasteiger charge is -2.34. The first-order valence-corrected chi connectivity index (χ1v) is 8.72. The zero-order valence-corrected chi connectivity index (χ0v) is 14.8. The van der Waals surface area contributed by atoms with Crippen LogP contribution in [0.4, 0.5) is 4.39 Å². The highest BCUT2D eigenvalue weighted by Gasteiger charge is 2.25. The van der Waals surface area contributed by atoms with Crippen molar-refractivity contribution in [2.24, 2.45) is 5.92 Å². The van der Waals surface area contributed by atoms with Crippen LogP contribution in [0.2, 0.25) is 0 Å². The van der Waals surface area contributed by atoms with Crippen LogP contribution in [0.1, 0.15) is 26.7 Å². The summed E-state index contributed by atoms with van der Waals surface area (Å²) in [6, 6.07) is 4.06. The van der Waals surface area contributed by atoms with Gasteiger partial charge >= 0.3 is 0 Å². The quantitative estimate of drug-likeness (QED) is 0.804. The lowest BCUT2D eigenvalue weighted by atomic mass is 9.96. The zero-order valence-electron chi connectivity index (χ0n) is 13.2. The van der Waals surface area contributed by atoms with Crippen LogP contribution in [-0.4, -0.2) is 39.8 Å². The van der Waals surface area contributed by atoms with E-state index in [0.29, 0.717) is 12.5 Å². The summed E-state index contributed by atoms with van der Waals surface area (Å²) < 4.78 is 17.1. The minimum Gasteiger partial charge on any atom is -0.331 e. The van der Waals surface area contributed by atoms with Gasteiger partial charge in [-0.1, -0.05) is 0 Å². The molecule has 5 heteroatoms. The van der Waals surface area contributed by atoms with Gasteiger partial charge in [-0.2, -0.15) is 0 Å². The highest BCUT2D eigenvalue weighted by atomic mass is 79.9. The topological polar surface area (TPSA) is 21.1 Å². The second-order valence-corrected chi connectivity index (χ2v) is 7.80. The van der Waals surface area contributed by atoms with Crippen molar-refractivity contribution in [3.05, 3.63) is 29.0 Å². The van der Waals surface area contributed by atoms with Gasteiger partial charge in [0.2, 0.25) is 0 Å². The van der Waals surface area contributed by atoms with Gasteiger partial charge < -0.3 is 9.47 Å². The third-order valence-electron chi connectivity index (χ3n) is 4.35. The Labute approximate surface area is 139 Å². The Kier molecular flexibility index (Phi) is 4.55. The summed E-state index contributed by atoms with van der Waals surface area (Å²) in [4.78, 5) is 6.75. The predicted octanol–water partition coefficient (Wildman–Crippen LogP) is 4.26. The van der Waals surface area contributed by atoms with Crippen molar-refractivity contribution >= 4 is 27.0 Å². The summed E-state index contributed by atoms with van der Waals surface area (Å²) in [5.41, 5.74) is -0.0557.